The van der Waals surface area contributed by atoms with Crippen LogP contribution in [0.25, 0.3) is 0 Å². The molecule has 0 aliphatic heterocycles. The van der Waals surface area contributed by atoms with Gasteiger partial charge in [-0.25, -0.2) is 0 Å². The van der Waals surface area contributed by atoms with Crippen molar-refractivity contribution >= 4 is 17.5 Å². The number of carbonyl (C=O) groups is 1. The van der Waals surface area contributed by atoms with E-state index in [-0.39, 0.29) is 24.3 Å². The van der Waals surface area contributed by atoms with E-state index in [0.29, 0.717) is 12.4 Å². The molecular formula is C11H18ClNO2. The van der Waals surface area contributed by atoms with Crippen molar-refractivity contribution in [1.82, 2.24) is 5.32 Å². The fourth-order valence-corrected chi connectivity index (χ4v) is 1.94. The van der Waals surface area contributed by atoms with Crippen LogP contribution in [0.5, 0.6) is 0 Å². The number of aliphatic hydroxyl groups excluding tert-OH is 1. The molecule has 2 atom stereocenters. The molecule has 0 heterocycles. The molecule has 0 bridgehead atoms. The minimum absolute atomic E-state index is 0.0449. The second-order valence-corrected chi connectivity index (χ2v) is 4.20. The molecule has 1 aliphatic carbocycles. The van der Waals surface area contributed by atoms with Gasteiger partial charge >= 0.3 is 0 Å². The summed E-state index contributed by atoms with van der Waals surface area (Å²) in [6, 6.07) is 0. The Balaban J connectivity index is 2.39. The Morgan fingerprint density at radius 3 is 2.87 bits per heavy atom. The smallest absolute Gasteiger partial charge is 0.223 e. The molecular weight excluding hydrogens is 214 g/mol. The zero-order valence-corrected chi connectivity index (χ0v) is 9.54. The first-order chi connectivity index (χ1) is 7.29. The van der Waals surface area contributed by atoms with E-state index in [2.05, 4.69) is 5.32 Å². The number of aliphatic hydroxyl groups is 1. The lowest BCUT2D eigenvalue weighted by atomic mass is 9.83. The molecule has 2 N–H and O–H groups in total. The molecule has 0 aromatic rings. The Bertz CT molecular complexity index is 231. The fraction of sp³-hybridized carbons (Fsp3) is 0.727. The van der Waals surface area contributed by atoms with E-state index in [1.807, 2.05) is 12.2 Å². The maximum Gasteiger partial charge on any atom is 0.223 e. The fourth-order valence-electron chi connectivity index (χ4n) is 1.80. The van der Waals surface area contributed by atoms with Crippen molar-refractivity contribution in [3.05, 3.63) is 12.2 Å². The van der Waals surface area contributed by atoms with Crippen LogP contribution in [-0.2, 0) is 4.79 Å². The SMILES string of the molecule is O=C(NCCCCl)C1CC=CCC1CO. The third-order valence-corrected chi connectivity index (χ3v) is 3.01. The Morgan fingerprint density at radius 1 is 1.47 bits per heavy atom. The van der Waals surface area contributed by atoms with E-state index >= 15 is 0 Å². The largest absolute Gasteiger partial charge is 0.396 e. The van der Waals surface area contributed by atoms with Crippen molar-refractivity contribution in [2.24, 2.45) is 11.8 Å². The van der Waals surface area contributed by atoms with Crippen molar-refractivity contribution in [1.29, 1.82) is 0 Å². The summed E-state index contributed by atoms with van der Waals surface area (Å²) in [6.07, 6.45) is 6.36. The van der Waals surface area contributed by atoms with Gasteiger partial charge in [0.25, 0.3) is 0 Å². The van der Waals surface area contributed by atoms with Gasteiger partial charge in [0, 0.05) is 24.9 Å². The Morgan fingerprint density at radius 2 is 2.20 bits per heavy atom. The zero-order valence-electron chi connectivity index (χ0n) is 8.79. The summed E-state index contributed by atoms with van der Waals surface area (Å²) >= 11 is 5.52. The molecule has 1 amide bonds. The van der Waals surface area contributed by atoms with Crippen LogP contribution < -0.4 is 5.32 Å². The van der Waals surface area contributed by atoms with Gasteiger partial charge in [-0.2, -0.15) is 0 Å². The minimum atomic E-state index is -0.0738. The van der Waals surface area contributed by atoms with Crippen LogP contribution in [0.3, 0.4) is 0 Å². The predicted molar refractivity (Wildman–Crippen MR) is 60.8 cm³/mol. The third-order valence-electron chi connectivity index (χ3n) is 2.75. The number of carbonyl (C=O) groups excluding carboxylic acids is 1. The first kappa shape index (κ1) is 12.5. The van der Waals surface area contributed by atoms with Crippen LogP contribution in [0.4, 0.5) is 0 Å². The van der Waals surface area contributed by atoms with Gasteiger partial charge in [-0.15, -0.1) is 11.6 Å². The Kier molecular flexibility index (Phi) is 5.73. The van der Waals surface area contributed by atoms with Crippen molar-refractivity contribution in [2.45, 2.75) is 19.3 Å². The monoisotopic (exact) mass is 231 g/mol. The topological polar surface area (TPSA) is 49.3 Å². The average molecular weight is 232 g/mol. The second kappa shape index (κ2) is 6.85. The molecule has 0 aromatic carbocycles. The summed E-state index contributed by atoms with van der Waals surface area (Å²) in [6.45, 7) is 0.707. The molecule has 15 heavy (non-hydrogen) atoms. The molecule has 0 saturated heterocycles. The number of allylic oxidation sites excluding steroid dienone is 2. The molecule has 0 fully saturated rings. The van der Waals surface area contributed by atoms with E-state index in [4.69, 9.17) is 16.7 Å². The molecule has 1 rings (SSSR count). The average Bonchev–Trinajstić information content (AvgIpc) is 2.29. The van der Waals surface area contributed by atoms with Crippen LogP contribution >= 0.6 is 11.6 Å². The lowest BCUT2D eigenvalue weighted by molar-refractivity contribution is -0.127. The van der Waals surface area contributed by atoms with Crippen LogP contribution in [0, 0.1) is 11.8 Å². The van der Waals surface area contributed by atoms with Gasteiger partial charge in [0.05, 0.1) is 0 Å². The molecule has 0 spiro atoms. The Labute approximate surface area is 95.5 Å². The van der Waals surface area contributed by atoms with E-state index in [1.54, 1.807) is 0 Å². The van der Waals surface area contributed by atoms with Gasteiger partial charge in [-0.3, -0.25) is 4.79 Å². The summed E-state index contributed by atoms with van der Waals surface area (Å²) in [7, 11) is 0. The quantitative estimate of drug-likeness (QED) is 0.426. The van der Waals surface area contributed by atoms with E-state index < -0.39 is 0 Å². The third kappa shape index (κ3) is 3.84. The summed E-state index contributed by atoms with van der Waals surface area (Å²) in [5.41, 5.74) is 0. The minimum Gasteiger partial charge on any atom is -0.396 e. The molecule has 86 valence electrons. The number of hydrogen-bond donors (Lipinski definition) is 2. The second-order valence-electron chi connectivity index (χ2n) is 3.83. The summed E-state index contributed by atoms with van der Waals surface area (Å²) in [5, 5.41) is 12.0. The highest BCUT2D eigenvalue weighted by Crippen LogP contribution is 2.25. The maximum atomic E-state index is 11.7. The van der Waals surface area contributed by atoms with Crippen molar-refractivity contribution < 1.29 is 9.90 Å². The Hall–Kier alpha value is -0.540. The molecule has 4 heteroatoms. The van der Waals surface area contributed by atoms with E-state index in [0.717, 1.165) is 19.3 Å². The lowest BCUT2D eigenvalue weighted by Gasteiger charge is -2.25. The first-order valence-corrected chi connectivity index (χ1v) is 5.92. The highest BCUT2D eigenvalue weighted by molar-refractivity contribution is 6.17. The number of rotatable bonds is 5. The lowest BCUT2D eigenvalue weighted by Crippen LogP contribution is -2.37. The molecule has 1 aliphatic rings. The highest BCUT2D eigenvalue weighted by atomic mass is 35.5. The summed E-state index contributed by atoms with van der Waals surface area (Å²) in [4.78, 5) is 11.7. The number of hydrogen-bond acceptors (Lipinski definition) is 2. The van der Waals surface area contributed by atoms with Crippen molar-refractivity contribution in [3.8, 4) is 0 Å². The van der Waals surface area contributed by atoms with Gasteiger partial charge in [-0.1, -0.05) is 12.2 Å². The number of alkyl halides is 1. The van der Waals surface area contributed by atoms with Crippen LogP contribution in [0.1, 0.15) is 19.3 Å². The normalized spacial score (nSPS) is 25.2. The van der Waals surface area contributed by atoms with Gasteiger partial charge in [0.2, 0.25) is 5.91 Å². The molecule has 0 radical (unpaired) electrons. The van der Waals surface area contributed by atoms with Crippen LogP contribution in [0.15, 0.2) is 12.2 Å². The molecule has 0 saturated carbocycles. The molecule has 2 unspecified atom stereocenters. The summed E-state index contributed by atoms with van der Waals surface area (Å²) in [5.74, 6) is 0.610. The number of halogens is 1. The standard InChI is InChI=1S/C11H18ClNO2/c12-6-3-7-13-11(15)10-5-2-1-4-9(10)8-14/h1-2,9-10,14H,3-8H2,(H,13,15). The predicted octanol–water partition coefficient (Wildman–Crippen LogP) is 1.31. The van der Waals surface area contributed by atoms with E-state index in [1.165, 1.54) is 0 Å². The van der Waals surface area contributed by atoms with Gasteiger partial charge in [0.15, 0.2) is 0 Å². The van der Waals surface area contributed by atoms with Crippen molar-refractivity contribution in [2.75, 3.05) is 19.0 Å². The number of nitrogens with one attached hydrogen (secondary N) is 1. The van der Waals surface area contributed by atoms with Crippen LogP contribution in [-0.4, -0.2) is 30.0 Å². The van der Waals surface area contributed by atoms with Gasteiger partial charge < -0.3 is 10.4 Å². The molecule has 3 nitrogen and oxygen atoms in total. The van der Waals surface area contributed by atoms with Gasteiger partial charge in [-0.05, 0) is 25.2 Å². The number of amides is 1. The zero-order chi connectivity index (χ0) is 11.1. The van der Waals surface area contributed by atoms with Crippen LogP contribution in [0.2, 0.25) is 0 Å². The summed E-state index contributed by atoms with van der Waals surface area (Å²) < 4.78 is 0. The maximum absolute atomic E-state index is 11.7. The highest BCUT2D eigenvalue weighted by Gasteiger charge is 2.27. The molecule has 0 aromatic heterocycles. The first-order valence-electron chi connectivity index (χ1n) is 5.39. The van der Waals surface area contributed by atoms with Crippen molar-refractivity contribution in [3.63, 3.8) is 0 Å². The van der Waals surface area contributed by atoms with Gasteiger partial charge in [0.1, 0.15) is 0 Å². The van der Waals surface area contributed by atoms with E-state index in [9.17, 15) is 4.79 Å².